The number of carbonyl (C=O) groups is 2. The molecule has 0 heterocycles. The fourth-order valence-corrected chi connectivity index (χ4v) is 2.33. The summed E-state index contributed by atoms with van der Waals surface area (Å²) in [5, 5.41) is 4.36. The molecule has 0 spiro atoms. The molecule has 0 atom stereocenters. The van der Waals surface area contributed by atoms with Gasteiger partial charge in [-0.3, -0.25) is 4.79 Å². The van der Waals surface area contributed by atoms with Crippen molar-refractivity contribution in [3.05, 3.63) is 42.0 Å². The Kier molecular flexibility index (Phi) is 3.96. The van der Waals surface area contributed by atoms with E-state index in [1.165, 1.54) is 0 Å². The van der Waals surface area contributed by atoms with Crippen LogP contribution in [-0.4, -0.2) is 31.6 Å². The molecule has 0 aromatic heterocycles. The molecule has 1 amide bonds. The van der Waals surface area contributed by atoms with Crippen LogP contribution >= 0.6 is 0 Å². The smallest absolute Gasteiger partial charge is 0.339 e. The van der Waals surface area contributed by atoms with Crippen molar-refractivity contribution in [3.8, 4) is 5.75 Å². The summed E-state index contributed by atoms with van der Waals surface area (Å²) in [5.74, 6) is -0.0721. The number of nitrogens with one attached hydrogen (secondary N) is 1. The summed E-state index contributed by atoms with van der Waals surface area (Å²) in [4.78, 5) is 23.8. The summed E-state index contributed by atoms with van der Waals surface area (Å²) < 4.78 is 10.4. The zero-order chi connectivity index (χ0) is 15.5. The lowest BCUT2D eigenvalue weighted by molar-refractivity contribution is -0.124. The summed E-state index contributed by atoms with van der Waals surface area (Å²) in [7, 11) is 1.59. The largest absolute Gasteiger partial charge is 0.496 e. The first-order valence-electron chi connectivity index (χ1n) is 7.21. The second kappa shape index (κ2) is 6.05. The van der Waals surface area contributed by atoms with E-state index in [4.69, 9.17) is 9.47 Å². The van der Waals surface area contributed by atoms with Crippen LogP contribution in [0, 0.1) is 0 Å². The molecule has 2 aromatic rings. The molecule has 5 heteroatoms. The van der Waals surface area contributed by atoms with E-state index in [0.717, 1.165) is 23.6 Å². The van der Waals surface area contributed by atoms with Crippen molar-refractivity contribution in [2.45, 2.75) is 18.9 Å². The average Bonchev–Trinajstić information content (AvgIpc) is 3.35. The molecule has 1 N–H and O–H groups in total. The first-order chi connectivity index (χ1) is 10.7. The standard InChI is InChI=1S/C17H17NO4/c1-21-15-9-8-14(12-4-2-3-5-13(12)15)17(20)22-10-16(19)18-11-6-7-11/h2-5,8-9,11H,6-7,10H2,1H3,(H,18,19). The Hall–Kier alpha value is -2.56. The second-order valence-electron chi connectivity index (χ2n) is 5.28. The van der Waals surface area contributed by atoms with Crippen molar-refractivity contribution in [2.24, 2.45) is 0 Å². The molecular weight excluding hydrogens is 282 g/mol. The van der Waals surface area contributed by atoms with Gasteiger partial charge in [0.2, 0.25) is 0 Å². The van der Waals surface area contributed by atoms with Crippen molar-refractivity contribution in [3.63, 3.8) is 0 Å². The molecule has 1 saturated carbocycles. The highest BCUT2D eigenvalue weighted by Gasteiger charge is 2.24. The van der Waals surface area contributed by atoms with E-state index in [1.807, 2.05) is 24.3 Å². The average molecular weight is 299 g/mol. The maximum atomic E-state index is 12.2. The summed E-state index contributed by atoms with van der Waals surface area (Å²) in [6, 6.07) is 11.1. The molecule has 0 unspecified atom stereocenters. The van der Waals surface area contributed by atoms with Crippen molar-refractivity contribution in [1.82, 2.24) is 5.32 Å². The number of esters is 1. The minimum absolute atomic E-state index is 0.254. The molecule has 0 saturated heterocycles. The van der Waals surface area contributed by atoms with E-state index in [-0.39, 0.29) is 18.6 Å². The fraction of sp³-hybridized carbons (Fsp3) is 0.294. The number of rotatable bonds is 5. The Labute approximate surface area is 128 Å². The Bertz CT molecular complexity index is 722. The van der Waals surface area contributed by atoms with Gasteiger partial charge in [0.05, 0.1) is 12.7 Å². The number of ether oxygens (including phenoxy) is 2. The molecule has 0 radical (unpaired) electrons. The first kappa shape index (κ1) is 14.4. The number of carbonyl (C=O) groups excluding carboxylic acids is 2. The molecule has 0 aliphatic heterocycles. The van der Waals surface area contributed by atoms with Crippen LogP contribution in [0.2, 0.25) is 0 Å². The Balaban J connectivity index is 1.77. The van der Waals surface area contributed by atoms with Crippen molar-refractivity contribution < 1.29 is 19.1 Å². The van der Waals surface area contributed by atoms with Crippen LogP contribution in [0.1, 0.15) is 23.2 Å². The van der Waals surface area contributed by atoms with Crippen LogP contribution in [0.5, 0.6) is 5.75 Å². The van der Waals surface area contributed by atoms with E-state index in [9.17, 15) is 9.59 Å². The molecule has 1 fully saturated rings. The third kappa shape index (κ3) is 3.03. The highest BCUT2D eigenvalue weighted by atomic mass is 16.5. The van der Waals surface area contributed by atoms with Crippen molar-refractivity contribution in [1.29, 1.82) is 0 Å². The van der Waals surface area contributed by atoms with Gasteiger partial charge in [0, 0.05) is 11.4 Å². The summed E-state index contributed by atoms with van der Waals surface area (Å²) in [6.07, 6.45) is 2.01. The number of benzene rings is 2. The SMILES string of the molecule is COc1ccc(C(=O)OCC(=O)NC2CC2)c2ccccc12. The van der Waals surface area contributed by atoms with Crippen LogP contribution < -0.4 is 10.1 Å². The number of methoxy groups -OCH3 is 1. The molecule has 2 aromatic carbocycles. The maximum absolute atomic E-state index is 12.2. The van der Waals surface area contributed by atoms with Gasteiger partial charge in [0.15, 0.2) is 6.61 Å². The highest BCUT2D eigenvalue weighted by molar-refractivity contribution is 6.06. The van der Waals surface area contributed by atoms with Gasteiger partial charge < -0.3 is 14.8 Å². The number of amides is 1. The number of fused-ring (bicyclic) bond motifs is 1. The lowest BCUT2D eigenvalue weighted by atomic mass is 10.0. The van der Waals surface area contributed by atoms with Gasteiger partial charge in [-0.15, -0.1) is 0 Å². The van der Waals surface area contributed by atoms with Crippen molar-refractivity contribution >= 4 is 22.6 Å². The minimum Gasteiger partial charge on any atom is -0.496 e. The summed E-state index contributed by atoms with van der Waals surface area (Å²) in [5.41, 5.74) is 0.427. The number of hydrogen-bond acceptors (Lipinski definition) is 4. The Morgan fingerprint density at radius 1 is 1.14 bits per heavy atom. The first-order valence-corrected chi connectivity index (χ1v) is 7.21. The quantitative estimate of drug-likeness (QED) is 0.860. The number of hydrogen-bond donors (Lipinski definition) is 1. The van der Waals surface area contributed by atoms with Gasteiger partial charge in [0.25, 0.3) is 5.91 Å². The molecule has 0 bridgehead atoms. The van der Waals surface area contributed by atoms with Gasteiger partial charge in [0.1, 0.15) is 5.75 Å². The lowest BCUT2D eigenvalue weighted by Gasteiger charge is -2.10. The van der Waals surface area contributed by atoms with Crippen LogP contribution in [-0.2, 0) is 9.53 Å². The lowest BCUT2D eigenvalue weighted by Crippen LogP contribution is -2.30. The Morgan fingerprint density at radius 2 is 1.86 bits per heavy atom. The molecule has 3 rings (SSSR count). The van der Waals surface area contributed by atoms with E-state index in [1.54, 1.807) is 19.2 Å². The van der Waals surface area contributed by atoms with Crippen LogP contribution in [0.15, 0.2) is 36.4 Å². The molecule has 1 aliphatic rings. The molecular formula is C17H17NO4. The molecule has 22 heavy (non-hydrogen) atoms. The van der Waals surface area contributed by atoms with Gasteiger partial charge in [-0.25, -0.2) is 4.79 Å². The fourth-order valence-electron chi connectivity index (χ4n) is 2.33. The van der Waals surface area contributed by atoms with E-state index in [0.29, 0.717) is 11.3 Å². The van der Waals surface area contributed by atoms with Gasteiger partial charge in [-0.2, -0.15) is 0 Å². The van der Waals surface area contributed by atoms with Gasteiger partial charge in [-0.05, 0) is 30.4 Å². The van der Waals surface area contributed by atoms with Crippen LogP contribution in [0.25, 0.3) is 10.8 Å². The molecule has 1 aliphatic carbocycles. The second-order valence-corrected chi connectivity index (χ2v) is 5.28. The molecule has 5 nitrogen and oxygen atoms in total. The predicted molar refractivity (Wildman–Crippen MR) is 81.9 cm³/mol. The van der Waals surface area contributed by atoms with Gasteiger partial charge in [-0.1, -0.05) is 24.3 Å². The van der Waals surface area contributed by atoms with Gasteiger partial charge >= 0.3 is 5.97 Å². The minimum atomic E-state index is -0.509. The Morgan fingerprint density at radius 3 is 2.55 bits per heavy atom. The zero-order valence-electron chi connectivity index (χ0n) is 12.3. The summed E-state index contributed by atoms with van der Waals surface area (Å²) >= 11 is 0. The third-order valence-corrected chi connectivity index (χ3v) is 3.60. The normalized spacial score (nSPS) is 13.7. The topological polar surface area (TPSA) is 64.6 Å². The monoisotopic (exact) mass is 299 g/mol. The van der Waals surface area contributed by atoms with Crippen LogP contribution in [0.3, 0.4) is 0 Å². The summed E-state index contributed by atoms with van der Waals surface area (Å²) in [6.45, 7) is -0.254. The third-order valence-electron chi connectivity index (χ3n) is 3.60. The van der Waals surface area contributed by atoms with Crippen molar-refractivity contribution in [2.75, 3.05) is 13.7 Å². The van der Waals surface area contributed by atoms with Crippen LogP contribution in [0.4, 0.5) is 0 Å². The molecule has 114 valence electrons. The zero-order valence-corrected chi connectivity index (χ0v) is 12.3. The predicted octanol–water partition coefficient (Wildman–Crippen LogP) is 2.28. The highest BCUT2D eigenvalue weighted by Crippen LogP contribution is 2.28. The van der Waals surface area contributed by atoms with E-state index in [2.05, 4.69) is 5.32 Å². The maximum Gasteiger partial charge on any atom is 0.339 e. The van der Waals surface area contributed by atoms with E-state index < -0.39 is 5.97 Å². The van der Waals surface area contributed by atoms with E-state index >= 15 is 0 Å².